The molecule has 0 aliphatic carbocycles. The molecule has 0 N–H and O–H groups in total. The maximum Gasteiger partial charge on any atom is 0.338 e. The Morgan fingerprint density at radius 3 is 1.92 bits per heavy atom. The number of carbonyl (C=O) groups excluding carboxylic acids is 2. The number of hydrogen-bond acceptors (Lipinski definition) is 5. The van der Waals surface area contributed by atoms with Gasteiger partial charge in [0.05, 0.1) is 10.5 Å². The van der Waals surface area contributed by atoms with Crippen LogP contribution in [-0.4, -0.2) is 32.5 Å². The molecule has 0 amide bonds. The minimum Gasteiger partial charge on any atom is -0.454 e. The molecule has 0 spiro atoms. The molecule has 24 heavy (non-hydrogen) atoms. The fraction of sp³-hybridized carbons (Fsp3) is 0.222. The highest BCUT2D eigenvalue weighted by Gasteiger charge is 2.20. The molecule has 5 nitrogen and oxygen atoms in total. The van der Waals surface area contributed by atoms with Crippen LogP contribution in [-0.2, 0) is 19.4 Å². The number of rotatable bonds is 6. The Hall–Kier alpha value is -2.47. The second-order valence-corrected chi connectivity index (χ2v) is 7.54. The molecule has 2 aromatic carbocycles. The fourth-order valence-corrected chi connectivity index (χ4v) is 3.23. The first-order valence-corrected chi connectivity index (χ1v) is 8.98. The molecule has 0 aliphatic rings. The molecule has 0 aliphatic heterocycles. The van der Waals surface area contributed by atoms with Gasteiger partial charge in [-0.25, -0.2) is 13.2 Å². The van der Waals surface area contributed by atoms with Crippen molar-refractivity contribution >= 4 is 21.6 Å². The topological polar surface area (TPSA) is 77.5 Å². The standard InChI is InChI=1S/C18H18O5S/c1-13-3-7-15(8-4-13)18(20)23-11-16(19)12-24(21,22)17-9-5-14(2)6-10-17/h3-10H,11-12H2,1-2H3. The number of Topliss-reactive ketones (excluding diaryl/α,β-unsaturated/α-hetero) is 1. The highest BCUT2D eigenvalue weighted by molar-refractivity contribution is 7.92. The van der Waals surface area contributed by atoms with Crippen molar-refractivity contribution < 1.29 is 22.7 Å². The van der Waals surface area contributed by atoms with Gasteiger partial charge in [-0.1, -0.05) is 35.4 Å². The lowest BCUT2D eigenvalue weighted by Gasteiger charge is -2.06. The normalized spacial score (nSPS) is 11.1. The van der Waals surface area contributed by atoms with Crippen LogP contribution in [0.1, 0.15) is 21.5 Å². The molecule has 0 unspecified atom stereocenters. The maximum atomic E-state index is 12.1. The van der Waals surface area contributed by atoms with E-state index in [0.29, 0.717) is 5.56 Å². The van der Waals surface area contributed by atoms with Crippen LogP contribution < -0.4 is 0 Å². The van der Waals surface area contributed by atoms with E-state index in [-0.39, 0.29) is 4.90 Å². The van der Waals surface area contributed by atoms with Crippen LogP contribution in [0.15, 0.2) is 53.4 Å². The first-order valence-electron chi connectivity index (χ1n) is 7.33. The van der Waals surface area contributed by atoms with Gasteiger partial charge >= 0.3 is 5.97 Å². The Kier molecular flexibility index (Phi) is 5.51. The zero-order chi connectivity index (χ0) is 17.7. The molecular weight excluding hydrogens is 328 g/mol. The van der Waals surface area contributed by atoms with Crippen LogP contribution in [0.3, 0.4) is 0 Å². The number of ether oxygens (including phenoxy) is 1. The van der Waals surface area contributed by atoms with Crippen LogP contribution in [0, 0.1) is 13.8 Å². The second kappa shape index (κ2) is 7.40. The maximum absolute atomic E-state index is 12.1. The predicted molar refractivity (Wildman–Crippen MR) is 89.7 cm³/mol. The third-order valence-electron chi connectivity index (χ3n) is 3.38. The summed E-state index contributed by atoms with van der Waals surface area (Å²) in [5, 5.41) is 0. The predicted octanol–water partition coefficient (Wildman–Crippen LogP) is 2.50. The molecule has 0 bridgehead atoms. The van der Waals surface area contributed by atoms with E-state index in [0.717, 1.165) is 11.1 Å². The largest absolute Gasteiger partial charge is 0.454 e. The van der Waals surface area contributed by atoms with Gasteiger partial charge < -0.3 is 4.74 Å². The molecule has 0 aromatic heterocycles. The lowest BCUT2D eigenvalue weighted by atomic mass is 10.1. The van der Waals surface area contributed by atoms with E-state index in [2.05, 4.69) is 0 Å². The molecule has 0 saturated heterocycles. The van der Waals surface area contributed by atoms with Crippen molar-refractivity contribution in [2.75, 3.05) is 12.4 Å². The molecule has 0 saturated carbocycles. The number of sulfone groups is 1. The van der Waals surface area contributed by atoms with Crippen molar-refractivity contribution in [2.24, 2.45) is 0 Å². The second-order valence-electron chi connectivity index (χ2n) is 5.55. The molecule has 0 radical (unpaired) electrons. The lowest BCUT2D eigenvalue weighted by Crippen LogP contribution is -2.22. The number of esters is 1. The van der Waals surface area contributed by atoms with Gasteiger partial charge in [0.2, 0.25) is 0 Å². The van der Waals surface area contributed by atoms with Crippen molar-refractivity contribution in [3.05, 3.63) is 65.2 Å². The van der Waals surface area contributed by atoms with Crippen molar-refractivity contribution in [1.82, 2.24) is 0 Å². The van der Waals surface area contributed by atoms with Gasteiger partial charge in [-0.2, -0.15) is 0 Å². The minimum atomic E-state index is -3.74. The Morgan fingerprint density at radius 1 is 0.875 bits per heavy atom. The molecule has 2 aromatic rings. The molecule has 0 heterocycles. The highest BCUT2D eigenvalue weighted by Crippen LogP contribution is 2.12. The van der Waals surface area contributed by atoms with Gasteiger partial charge in [-0.3, -0.25) is 4.79 Å². The molecule has 6 heteroatoms. The van der Waals surface area contributed by atoms with Crippen LogP contribution in [0.25, 0.3) is 0 Å². The summed E-state index contributed by atoms with van der Waals surface area (Å²) in [5.74, 6) is -2.02. The molecule has 126 valence electrons. The fourth-order valence-electron chi connectivity index (χ4n) is 2.00. The molecular formula is C18H18O5S. The van der Waals surface area contributed by atoms with E-state index >= 15 is 0 Å². The first-order chi connectivity index (χ1) is 11.3. The van der Waals surface area contributed by atoms with Crippen molar-refractivity contribution in [3.63, 3.8) is 0 Å². The monoisotopic (exact) mass is 346 g/mol. The molecule has 0 atom stereocenters. The zero-order valence-electron chi connectivity index (χ0n) is 13.5. The van der Waals surface area contributed by atoms with E-state index in [1.54, 1.807) is 36.4 Å². The van der Waals surface area contributed by atoms with Gasteiger partial charge in [0.15, 0.2) is 22.2 Å². The van der Waals surface area contributed by atoms with Crippen LogP contribution in [0.5, 0.6) is 0 Å². The average Bonchev–Trinajstić information content (AvgIpc) is 2.53. The van der Waals surface area contributed by atoms with Gasteiger partial charge in [0, 0.05) is 0 Å². The third-order valence-corrected chi connectivity index (χ3v) is 5.08. The summed E-state index contributed by atoms with van der Waals surface area (Å²) in [6.07, 6.45) is 0. The van der Waals surface area contributed by atoms with Gasteiger partial charge in [0.1, 0.15) is 5.75 Å². The van der Waals surface area contributed by atoms with Crippen LogP contribution >= 0.6 is 0 Å². The summed E-state index contributed by atoms with van der Waals surface area (Å²) < 4.78 is 29.2. The number of hydrogen-bond donors (Lipinski definition) is 0. The van der Waals surface area contributed by atoms with Crippen molar-refractivity contribution in [2.45, 2.75) is 18.7 Å². The summed E-state index contributed by atoms with van der Waals surface area (Å²) in [6.45, 7) is 3.15. The van der Waals surface area contributed by atoms with Crippen LogP contribution in [0.2, 0.25) is 0 Å². The third kappa shape index (κ3) is 4.76. The van der Waals surface area contributed by atoms with Crippen LogP contribution in [0.4, 0.5) is 0 Å². The van der Waals surface area contributed by atoms with E-state index in [4.69, 9.17) is 4.74 Å². The lowest BCUT2D eigenvalue weighted by molar-refractivity contribution is -0.119. The van der Waals surface area contributed by atoms with E-state index in [1.807, 2.05) is 13.8 Å². The Balaban J connectivity index is 1.94. The van der Waals surface area contributed by atoms with E-state index < -0.39 is 33.9 Å². The summed E-state index contributed by atoms with van der Waals surface area (Å²) in [6, 6.07) is 12.9. The Bertz CT molecular complexity index is 834. The molecule has 2 rings (SSSR count). The van der Waals surface area contributed by atoms with Crippen molar-refractivity contribution in [1.29, 1.82) is 0 Å². The highest BCUT2D eigenvalue weighted by atomic mass is 32.2. The van der Waals surface area contributed by atoms with Crippen molar-refractivity contribution in [3.8, 4) is 0 Å². The van der Waals surface area contributed by atoms with E-state index in [9.17, 15) is 18.0 Å². The summed E-state index contributed by atoms with van der Waals surface area (Å²) in [4.78, 5) is 23.7. The van der Waals surface area contributed by atoms with Gasteiger partial charge in [-0.15, -0.1) is 0 Å². The SMILES string of the molecule is Cc1ccc(C(=O)OCC(=O)CS(=O)(=O)c2ccc(C)cc2)cc1. The summed E-state index contributed by atoms with van der Waals surface area (Å²) in [5.41, 5.74) is 2.23. The number of carbonyl (C=O) groups is 2. The number of ketones is 1. The van der Waals surface area contributed by atoms with E-state index in [1.165, 1.54) is 12.1 Å². The number of aryl methyl sites for hydroxylation is 2. The minimum absolute atomic E-state index is 0.0753. The van der Waals surface area contributed by atoms with Gasteiger partial charge in [-0.05, 0) is 38.1 Å². The Morgan fingerprint density at radius 2 is 1.38 bits per heavy atom. The average molecular weight is 346 g/mol. The Labute approximate surface area is 141 Å². The molecule has 0 fully saturated rings. The quantitative estimate of drug-likeness (QED) is 0.751. The zero-order valence-corrected chi connectivity index (χ0v) is 14.3. The van der Waals surface area contributed by atoms with Gasteiger partial charge in [0.25, 0.3) is 0 Å². The summed E-state index contributed by atoms with van der Waals surface area (Å²) >= 11 is 0. The smallest absolute Gasteiger partial charge is 0.338 e. The number of benzene rings is 2. The summed E-state index contributed by atoms with van der Waals surface area (Å²) in [7, 11) is -3.74. The first kappa shape index (κ1) is 17.9.